The molecule has 0 aliphatic carbocycles. The van der Waals surface area contributed by atoms with Crippen LogP contribution in [-0.2, 0) is 9.59 Å². The summed E-state index contributed by atoms with van der Waals surface area (Å²) < 4.78 is 0. The monoisotopic (exact) mass is 264 g/mol. The number of carbonyl (C=O) groups excluding carboxylic acids is 2. The van der Waals surface area contributed by atoms with Gasteiger partial charge in [0.2, 0.25) is 11.8 Å². The van der Waals surface area contributed by atoms with Crippen molar-refractivity contribution in [2.75, 3.05) is 19.6 Å². The Morgan fingerprint density at radius 2 is 2.28 bits per heavy atom. The number of halogens is 1. The number of nitrogens with one attached hydrogen (secondary N) is 1. The van der Waals surface area contributed by atoms with E-state index < -0.39 is 0 Å². The third-order valence-electron chi connectivity index (χ3n) is 2.62. The van der Waals surface area contributed by atoms with Crippen LogP contribution in [0.4, 0.5) is 0 Å². The highest BCUT2D eigenvalue weighted by Crippen LogP contribution is 2.12. The van der Waals surface area contributed by atoms with Gasteiger partial charge in [-0.15, -0.1) is 0 Å². The topological polar surface area (TPSA) is 49.4 Å². The molecule has 0 saturated carbocycles. The number of benzene rings is 1. The fourth-order valence-electron chi connectivity index (χ4n) is 1.71. The smallest absolute Gasteiger partial charge is 0.247 e. The zero-order valence-corrected chi connectivity index (χ0v) is 10.5. The summed E-state index contributed by atoms with van der Waals surface area (Å²) in [6.07, 6.45) is 3.16. The third kappa shape index (κ3) is 3.34. The van der Waals surface area contributed by atoms with E-state index in [1.54, 1.807) is 18.2 Å². The molecule has 1 aromatic carbocycles. The Labute approximate surface area is 110 Å². The Balaban J connectivity index is 2.00. The Morgan fingerprint density at radius 3 is 3.00 bits per heavy atom. The van der Waals surface area contributed by atoms with E-state index in [4.69, 9.17) is 11.6 Å². The minimum Gasteiger partial charge on any atom is -0.353 e. The summed E-state index contributed by atoms with van der Waals surface area (Å²) in [5.74, 6) is -0.282. The predicted molar refractivity (Wildman–Crippen MR) is 70.1 cm³/mol. The number of hydrogen-bond acceptors (Lipinski definition) is 2. The molecule has 1 fully saturated rings. The molecule has 2 amide bonds. The molecular weight excluding hydrogens is 252 g/mol. The van der Waals surface area contributed by atoms with Crippen molar-refractivity contribution in [2.45, 2.75) is 0 Å². The molecule has 94 valence electrons. The molecule has 1 aliphatic rings. The molecule has 1 saturated heterocycles. The molecule has 1 heterocycles. The minimum atomic E-state index is -0.162. The average Bonchev–Trinajstić information content (AvgIpc) is 2.36. The number of nitrogens with zero attached hydrogens (tertiary/aromatic N) is 1. The van der Waals surface area contributed by atoms with Crippen LogP contribution in [0.25, 0.3) is 6.08 Å². The number of amides is 2. The fourth-order valence-corrected chi connectivity index (χ4v) is 1.91. The van der Waals surface area contributed by atoms with Gasteiger partial charge in [0.1, 0.15) is 0 Å². The van der Waals surface area contributed by atoms with Gasteiger partial charge in [-0.05, 0) is 23.8 Å². The van der Waals surface area contributed by atoms with Crippen molar-refractivity contribution in [3.8, 4) is 0 Å². The van der Waals surface area contributed by atoms with E-state index >= 15 is 0 Å². The molecule has 0 radical (unpaired) electrons. The summed E-state index contributed by atoms with van der Waals surface area (Å²) in [6, 6.07) is 7.23. The number of carbonyl (C=O) groups is 2. The zero-order chi connectivity index (χ0) is 13.0. The molecule has 0 aromatic heterocycles. The fraction of sp³-hybridized carbons (Fsp3) is 0.231. The Hall–Kier alpha value is -1.81. The number of hydrogen-bond donors (Lipinski definition) is 1. The van der Waals surface area contributed by atoms with Gasteiger partial charge in [-0.25, -0.2) is 0 Å². The maximum atomic E-state index is 11.8. The summed E-state index contributed by atoms with van der Waals surface area (Å²) in [5, 5.41) is 3.30. The second-order valence-corrected chi connectivity index (χ2v) is 4.43. The van der Waals surface area contributed by atoms with E-state index in [0.29, 0.717) is 18.1 Å². The molecule has 2 rings (SSSR count). The molecule has 0 bridgehead atoms. The van der Waals surface area contributed by atoms with E-state index in [9.17, 15) is 9.59 Å². The van der Waals surface area contributed by atoms with Gasteiger partial charge in [0.25, 0.3) is 0 Å². The van der Waals surface area contributed by atoms with Crippen LogP contribution in [0.15, 0.2) is 30.3 Å². The first kappa shape index (κ1) is 12.6. The van der Waals surface area contributed by atoms with E-state index in [1.807, 2.05) is 12.1 Å². The highest BCUT2D eigenvalue weighted by atomic mass is 35.5. The van der Waals surface area contributed by atoms with Crippen LogP contribution in [-0.4, -0.2) is 36.3 Å². The molecule has 0 atom stereocenters. The molecular formula is C13H13ClN2O2. The van der Waals surface area contributed by atoms with Crippen LogP contribution in [0, 0.1) is 0 Å². The van der Waals surface area contributed by atoms with E-state index in [-0.39, 0.29) is 18.4 Å². The Bertz CT molecular complexity index is 500. The Morgan fingerprint density at radius 1 is 1.44 bits per heavy atom. The minimum absolute atomic E-state index is 0.120. The van der Waals surface area contributed by atoms with Gasteiger partial charge in [0.15, 0.2) is 0 Å². The van der Waals surface area contributed by atoms with E-state index in [1.165, 1.54) is 11.0 Å². The third-order valence-corrected chi connectivity index (χ3v) is 2.85. The molecule has 18 heavy (non-hydrogen) atoms. The van der Waals surface area contributed by atoms with Crippen molar-refractivity contribution >= 4 is 29.5 Å². The predicted octanol–water partition coefficient (Wildman–Crippen LogP) is 1.31. The maximum Gasteiger partial charge on any atom is 0.247 e. The molecule has 1 aromatic rings. The summed E-state index contributed by atoms with van der Waals surface area (Å²) >= 11 is 5.85. The SMILES string of the molecule is O=C1CN(C(=O)/C=C/c2cccc(Cl)c2)CCN1. The molecule has 1 aliphatic heterocycles. The standard InChI is InChI=1S/C13H13ClN2O2/c14-11-3-1-2-10(8-11)4-5-13(18)16-7-6-15-12(17)9-16/h1-5,8H,6-7,9H2,(H,15,17)/b5-4+. The quantitative estimate of drug-likeness (QED) is 0.819. The van der Waals surface area contributed by atoms with Gasteiger partial charge in [-0.3, -0.25) is 9.59 Å². The van der Waals surface area contributed by atoms with Crippen molar-refractivity contribution in [3.63, 3.8) is 0 Å². The summed E-state index contributed by atoms with van der Waals surface area (Å²) in [5.41, 5.74) is 0.859. The highest BCUT2D eigenvalue weighted by molar-refractivity contribution is 6.30. The first-order chi connectivity index (χ1) is 8.65. The first-order valence-electron chi connectivity index (χ1n) is 5.64. The van der Waals surface area contributed by atoms with Crippen LogP contribution >= 0.6 is 11.6 Å². The molecule has 0 unspecified atom stereocenters. The first-order valence-corrected chi connectivity index (χ1v) is 6.02. The van der Waals surface area contributed by atoms with Gasteiger partial charge in [-0.2, -0.15) is 0 Å². The van der Waals surface area contributed by atoms with Gasteiger partial charge in [-0.1, -0.05) is 23.7 Å². The lowest BCUT2D eigenvalue weighted by molar-refractivity contribution is -0.134. The lowest BCUT2D eigenvalue weighted by Gasteiger charge is -2.25. The lowest BCUT2D eigenvalue weighted by atomic mass is 10.2. The molecule has 5 heteroatoms. The normalized spacial score (nSPS) is 15.8. The largest absolute Gasteiger partial charge is 0.353 e. The van der Waals surface area contributed by atoms with Crippen molar-refractivity contribution in [2.24, 2.45) is 0 Å². The summed E-state index contributed by atoms with van der Waals surface area (Å²) in [6.45, 7) is 1.18. The summed E-state index contributed by atoms with van der Waals surface area (Å²) in [7, 11) is 0. The maximum absolute atomic E-state index is 11.8. The van der Waals surface area contributed by atoms with Gasteiger partial charge >= 0.3 is 0 Å². The molecule has 1 N–H and O–H groups in total. The molecule has 0 spiro atoms. The van der Waals surface area contributed by atoms with Crippen molar-refractivity contribution in [1.82, 2.24) is 10.2 Å². The summed E-state index contributed by atoms with van der Waals surface area (Å²) in [4.78, 5) is 24.5. The van der Waals surface area contributed by atoms with E-state index in [0.717, 1.165) is 5.56 Å². The van der Waals surface area contributed by atoms with Gasteiger partial charge in [0.05, 0.1) is 6.54 Å². The lowest BCUT2D eigenvalue weighted by Crippen LogP contribution is -2.49. The highest BCUT2D eigenvalue weighted by Gasteiger charge is 2.18. The van der Waals surface area contributed by atoms with Crippen LogP contribution in [0.5, 0.6) is 0 Å². The Kier molecular flexibility index (Phi) is 3.99. The number of piperazine rings is 1. The van der Waals surface area contributed by atoms with Crippen molar-refractivity contribution in [1.29, 1.82) is 0 Å². The zero-order valence-electron chi connectivity index (χ0n) is 9.73. The van der Waals surface area contributed by atoms with Crippen molar-refractivity contribution in [3.05, 3.63) is 40.9 Å². The average molecular weight is 265 g/mol. The van der Waals surface area contributed by atoms with Crippen LogP contribution in [0.1, 0.15) is 5.56 Å². The van der Waals surface area contributed by atoms with E-state index in [2.05, 4.69) is 5.32 Å². The van der Waals surface area contributed by atoms with Crippen LogP contribution in [0.3, 0.4) is 0 Å². The van der Waals surface area contributed by atoms with Crippen LogP contribution in [0.2, 0.25) is 5.02 Å². The van der Waals surface area contributed by atoms with Gasteiger partial charge in [0, 0.05) is 24.2 Å². The number of rotatable bonds is 2. The van der Waals surface area contributed by atoms with Crippen molar-refractivity contribution < 1.29 is 9.59 Å². The molecule has 4 nitrogen and oxygen atoms in total. The second-order valence-electron chi connectivity index (χ2n) is 4.00. The van der Waals surface area contributed by atoms with Crippen LogP contribution < -0.4 is 5.32 Å². The van der Waals surface area contributed by atoms with Gasteiger partial charge < -0.3 is 10.2 Å². The second kappa shape index (κ2) is 5.69.